The van der Waals surface area contributed by atoms with Gasteiger partial charge in [0.05, 0.1) is 11.3 Å². The number of rotatable bonds is 8. The van der Waals surface area contributed by atoms with E-state index in [1.54, 1.807) is 7.11 Å². The van der Waals surface area contributed by atoms with Gasteiger partial charge in [0.1, 0.15) is 0 Å². The van der Waals surface area contributed by atoms with Gasteiger partial charge >= 0.3 is 0 Å². The van der Waals surface area contributed by atoms with Gasteiger partial charge in [0.2, 0.25) is 0 Å². The Morgan fingerprint density at radius 1 is 1.44 bits per heavy atom. The van der Waals surface area contributed by atoms with Crippen molar-refractivity contribution in [1.29, 1.82) is 0 Å². The van der Waals surface area contributed by atoms with Crippen molar-refractivity contribution in [2.45, 2.75) is 52.8 Å². The van der Waals surface area contributed by atoms with Crippen molar-refractivity contribution >= 4 is 0 Å². The lowest BCUT2D eigenvalue weighted by molar-refractivity contribution is 0.0113. The average molecular weight is 253 g/mol. The van der Waals surface area contributed by atoms with Crippen molar-refractivity contribution in [1.82, 2.24) is 15.1 Å². The van der Waals surface area contributed by atoms with Gasteiger partial charge in [-0.3, -0.25) is 4.68 Å². The van der Waals surface area contributed by atoms with Crippen molar-refractivity contribution in [2.75, 3.05) is 13.7 Å². The fourth-order valence-electron chi connectivity index (χ4n) is 1.60. The Kier molecular flexibility index (Phi) is 5.82. The predicted molar refractivity (Wildman–Crippen MR) is 74.5 cm³/mol. The monoisotopic (exact) mass is 253 g/mol. The van der Waals surface area contributed by atoms with Gasteiger partial charge in [0.25, 0.3) is 0 Å². The maximum Gasteiger partial charge on any atom is 0.0762 e. The molecular weight excluding hydrogens is 226 g/mol. The summed E-state index contributed by atoms with van der Waals surface area (Å²) in [4.78, 5) is 0. The number of ether oxygens (including phenoxy) is 1. The van der Waals surface area contributed by atoms with Crippen LogP contribution in [0.1, 0.15) is 39.8 Å². The van der Waals surface area contributed by atoms with Crippen LogP contribution in [0.3, 0.4) is 0 Å². The van der Waals surface area contributed by atoms with Crippen molar-refractivity contribution in [3.8, 4) is 0 Å². The van der Waals surface area contributed by atoms with Crippen LogP contribution < -0.4 is 5.32 Å². The zero-order valence-electron chi connectivity index (χ0n) is 12.4. The minimum atomic E-state index is -0.0813. The number of aromatic nitrogens is 2. The molecule has 0 saturated heterocycles. The Hall–Kier alpha value is -0.870. The highest BCUT2D eigenvalue weighted by molar-refractivity contribution is 4.98. The molecular formula is C14H27N3O. The van der Waals surface area contributed by atoms with Crippen LogP contribution >= 0.6 is 0 Å². The summed E-state index contributed by atoms with van der Waals surface area (Å²) < 4.78 is 7.40. The second-order valence-corrected chi connectivity index (χ2v) is 5.81. The van der Waals surface area contributed by atoms with Crippen LogP contribution in [0.5, 0.6) is 0 Å². The summed E-state index contributed by atoms with van der Waals surface area (Å²) in [5.74, 6) is 0.676. The summed E-state index contributed by atoms with van der Waals surface area (Å²) in [6.07, 6.45) is 3.00. The first-order valence-corrected chi connectivity index (χ1v) is 6.71. The topological polar surface area (TPSA) is 39.1 Å². The SMILES string of the molecule is COC(C)(C)CCn1ccc(CNCC(C)C)n1. The zero-order valence-corrected chi connectivity index (χ0v) is 12.4. The first-order chi connectivity index (χ1) is 8.43. The van der Waals surface area contributed by atoms with Crippen LogP contribution in [-0.4, -0.2) is 29.0 Å². The van der Waals surface area contributed by atoms with Crippen LogP contribution in [0.15, 0.2) is 12.3 Å². The van der Waals surface area contributed by atoms with Crippen LogP contribution in [0, 0.1) is 5.92 Å². The fourth-order valence-corrected chi connectivity index (χ4v) is 1.60. The van der Waals surface area contributed by atoms with Crippen LogP contribution in [0.25, 0.3) is 0 Å². The number of methoxy groups -OCH3 is 1. The first-order valence-electron chi connectivity index (χ1n) is 6.71. The molecule has 1 heterocycles. The largest absolute Gasteiger partial charge is 0.379 e. The molecule has 0 saturated carbocycles. The molecule has 0 amide bonds. The lowest BCUT2D eigenvalue weighted by atomic mass is 10.1. The second kappa shape index (κ2) is 6.90. The van der Waals surface area contributed by atoms with Gasteiger partial charge in [-0.25, -0.2) is 0 Å². The summed E-state index contributed by atoms with van der Waals surface area (Å²) in [7, 11) is 1.75. The molecule has 0 spiro atoms. The number of hydrogen-bond acceptors (Lipinski definition) is 3. The van der Waals surface area contributed by atoms with Crippen molar-refractivity contribution in [2.24, 2.45) is 5.92 Å². The molecule has 104 valence electrons. The molecule has 4 heteroatoms. The standard InChI is InChI=1S/C14H27N3O/c1-12(2)10-15-11-13-6-8-17(16-13)9-7-14(3,4)18-5/h6,8,12,15H,7,9-11H2,1-5H3. The molecule has 0 radical (unpaired) electrons. The van der Waals surface area contributed by atoms with Crippen molar-refractivity contribution < 1.29 is 4.74 Å². The van der Waals surface area contributed by atoms with E-state index in [9.17, 15) is 0 Å². The van der Waals surface area contributed by atoms with E-state index in [4.69, 9.17) is 4.74 Å². The third-order valence-corrected chi connectivity index (χ3v) is 3.05. The number of nitrogens with one attached hydrogen (secondary N) is 1. The molecule has 0 atom stereocenters. The van der Waals surface area contributed by atoms with Gasteiger partial charge in [0.15, 0.2) is 0 Å². The van der Waals surface area contributed by atoms with Gasteiger partial charge in [-0.05, 0) is 38.8 Å². The van der Waals surface area contributed by atoms with Gasteiger partial charge < -0.3 is 10.1 Å². The van der Waals surface area contributed by atoms with E-state index < -0.39 is 0 Å². The highest BCUT2D eigenvalue weighted by Gasteiger charge is 2.16. The molecule has 0 fully saturated rings. The minimum Gasteiger partial charge on any atom is -0.379 e. The zero-order chi connectivity index (χ0) is 13.6. The lowest BCUT2D eigenvalue weighted by Crippen LogP contribution is -2.24. The predicted octanol–water partition coefficient (Wildman–Crippen LogP) is 2.44. The Morgan fingerprint density at radius 3 is 2.78 bits per heavy atom. The molecule has 1 N–H and O–H groups in total. The van der Waals surface area contributed by atoms with Crippen LogP contribution in [-0.2, 0) is 17.8 Å². The van der Waals surface area contributed by atoms with Gasteiger partial charge in [-0.2, -0.15) is 5.10 Å². The molecule has 1 rings (SSSR count). The molecule has 1 aromatic rings. The summed E-state index contributed by atoms with van der Waals surface area (Å²) in [5, 5.41) is 7.94. The molecule has 18 heavy (non-hydrogen) atoms. The summed E-state index contributed by atoms with van der Waals surface area (Å²) in [6, 6.07) is 2.08. The molecule has 4 nitrogen and oxygen atoms in total. The third-order valence-electron chi connectivity index (χ3n) is 3.05. The van der Waals surface area contributed by atoms with E-state index in [2.05, 4.69) is 44.2 Å². The van der Waals surface area contributed by atoms with E-state index >= 15 is 0 Å². The Bertz CT molecular complexity index is 345. The van der Waals surface area contributed by atoms with Crippen molar-refractivity contribution in [3.05, 3.63) is 18.0 Å². The van der Waals surface area contributed by atoms with Crippen LogP contribution in [0.4, 0.5) is 0 Å². The van der Waals surface area contributed by atoms with E-state index in [1.165, 1.54) is 0 Å². The van der Waals surface area contributed by atoms with Gasteiger partial charge in [-0.15, -0.1) is 0 Å². The maximum atomic E-state index is 5.40. The molecule has 0 aliphatic rings. The molecule has 0 bridgehead atoms. The normalized spacial score (nSPS) is 12.3. The Balaban J connectivity index is 2.34. The molecule has 0 unspecified atom stereocenters. The summed E-state index contributed by atoms with van der Waals surface area (Å²) >= 11 is 0. The fraction of sp³-hybridized carbons (Fsp3) is 0.786. The van der Waals surface area contributed by atoms with Gasteiger partial charge in [0, 0.05) is 26.4 Å². The number of nitrogens with zero attached hydrogens (tertiary/aromatic N) is 2. The molecule has 1 aromatic heterocycles. The first kappa shape index (κ1) is 15.2. The van der Waals surface area contributed by atoms with E-state index in [0.29, 0.717) is 5.92 Å². The lowest BCUT2D eigenvalue weighted by Gasteiger charge is -2.22. The van der Waals surface area contributed by atoms with E-state index in [0.717, 1.165) is 31.7 Å². The maximum absolute atomic E-state index is 5.40. The molecule has 0 aliphatic heterocycles. The van der Waals surface area contributed by atoms with Crippen molar-refractivity contribution in [3.63, 3.8) is 0 Å². The van der Waals surface area contributed by atoms with E-state index in [1.807, 2.05) is 10.9 Å². The van der Waals surface area contributed by atoms with Crippen LogP contribution in [0.2, 0.25) is 0 Å². The second-order valence-electron chi connectivity index (χ2n) is 5.81. The highest BCUT2D eigenvalue weighted by atomic mass is 16.5. The van der Waals surface area contributed by atoms with Gasteiger partial charge in [-0.1, -0.05) is 13.8 Å². The number of aryl methyl sites for hydroxylation is 1. The average Bonchev–Trinajstić information content (AvgIpc) is 2.74. The molecule has 0 aromatic carbocycles. The number of hydrogen-bond donors (Lipinski definition) is 1. The third kappa shape index (κ3) is 5.65. The Labute approximate surface area is 111 Å². The summed E-state index contributed by atoms with van der Waals surface area (Å²) in [5.41, 5.74) is 1.02. The molecule has 0 aliphatic carbocycles. The smallest absolute Gasteiger partial charge is 0.0762 e. The summed E-state index contributed by atoms with van der Waals surface area (Å²) in [6.45, 7) is 11.4. The van der Waals surface area contributed by atoms with E-state index in [-0.39, 0.29) is 5.60 Å². The minimum absolute atomic E-state index is 0.0813. The highest BCUT2D eigenvalue weighted by Crippen LogP contribution is 2.13. The quantitative estimate of drug-likeness (QED) is 0.773. The Morgan fingerprint density at radius 2 is 2.17 bits per heavy atom.